The maximum absolute atomic E-state index is 12.5. The van der Waals surface area contributed by atoms with E-state index in [2.05, 4.69) is 53.0 Å². The SMILES string of the molecule is CCC(NC(=O)c1ccc(I)cc1)c1ccc2c(c1)CCCC2. The Morgan fingerprint density at radius 3 is 2.48 bits per heavy atom. The molecule has 120 valence electrons. The van der Waals surface area contributed by atoms with Crippen molar-refractivity contribution >= 4 is 28.5 Å². The lowest BCUT2D eigenvalue weighted by atomic mass is 9.88. The van der Waals surface area contributed by atoms with E-state index < -0.39 is 0 Å². The number of aryl methyl sites for hydroxylation is 2. The van der Waals surface area contributed by atoms with Crippen LogP contribution in [0, 0.1) is 3.57 Å². The smallest absolute Gasteiger partial charge is 0.251 e. The zero-order valence-electron chi connectivity index (χ0n) is 13.4. The molecule has 1 unspecified atom stereocenters. The Morgan fingerprint density at radius 2 is 1.78 bits per heavy atom. The van der Waals surface area contributed by atoms with Gasteiger partial charge >= 0.3 is 0 Å². The second-order valence-corrected chi connectivity index (χ2v) is 7.42. The molecular weight excluding hydrogens is 397 g/mol. The first-order chi connectivity index (χ1) is 11.2. The second kappa shape index (κ2) is 7.47. The molecule has 1 aliphatic carbocycles. The Morgan fingerprint density at radius 1 is 1.09 bits per heavy atom. The number of carbonyl (C=O) groups excluding carboxylic acids is 1. The third-order valence-corrected chi connectivity index (χ3v) is 5.31. The van der Waals surface area contributed by atoms with Gasteiger partial charge in [0.25, 0.3) is 5.91 Å². The van der Waals surface area contributed by atoms with E-state index in [1.54, 1.807) is 0 Å². The van der Waals surface area contributed by atoms with Gasteiger partial charge < -0.3 is 5.32 Å². The summed E-state index contributed by atoms with van der Waals surface area (Å²) in [5, 5.41) is 3.18. The molecule has 0 saturated heterocycles. The van der Waals surface area contributed by atoms with Gasteiger partial charge in [-0.2, -0.15) is 0 Å². The Balaban J connectivity index is 1.77. The average molecular weight is 419 g/mol. The van der Waals surface area contributed by atoms with E-state index in [4.69, 9.17) is 0 Å². The number of halogens is 1. The topological polar surface area (TPSA) is 29.1 Å². The Bertz CT molecular complexity index is 693. The van der Waals surface area contributed by atoms with Crippen LogP contribution in [-0.4, -0.2) is 5.91 Å². The van der Waals surface area contributed by atoms with Crippen molar-refractivity contribution < 1.29 is 4.79 Å². The van der Waals surface area contributed by atoms with Crippen LogP contribution in [0.3, 0.4) is 0 Å². The van der Waals surface area contributed by atoms with Gasteiger partial charge in [-0.05, 0) is 95.7 Å². The molecule has 0 saturated carbocycles. The zero-order chi connectivity index (χ0) is 16.2. The van der Waals surface area contributed by atoms with Crippen molar-refractivity contribution in [1.29, 1.82) is 0 Å². The predicted molar refractivity (Wildman–Crippen MR) is 103 cm³/mol. The second-order valence-electron chi connectivity index (χ2n) is 6.18. The van der Waals surface area contributed by atoms with Gasteiger partial charge in [-0.25, -0.2) is 0 Å². The van der Waals surface area contributed by atoms with Gasteiger partial charge in [0.15, 0.2) is 0 Å². The Kier molecular flexibility index (Phi) is 5.36. The van der Waals surface area contributed by atoms with Crippen LogP contribution in [0.25, 0.3) is 0 Å². The van der Waals surface area contributed by atoms with Gasteiger partial charge in [0.2, 0.25) is 0 Å². The fourth-order valence-electron chi connectivity index (χ4n) is 3.23. The molecule has 3 heteroatoms. The largest absolute Gasteiger partial charge is 0.345 e. The number of hydrogen-bond donors (Lipinski definition) is 1. The highest BCUT2D eigenvalue weighted by molar-refractivity contribution is 14.1. The summed E-state index contributed by atoms with van der Waals surface area (Å²) in [6, 6.07) is 14.5. The van der Waals surface area contributed by atoms with Crippen molar-refractivity contribution in [2.24, 2.45) is 0 Å². The van der Waals surface area contributed by atoms with Gasteiger partial charge in [0, 0.05) is 9.13 Å². The molecule has 2 nitrogen and oxygen atoms in total. The van der Waals surface area contributed by atoms with E-state index in [1.807, 2.05) is 24.3 Å². The standard InChI is InChI=1S/C20H22INO/c1-2-19(22-20(23)15-9-11-18(21)12-10-15)17-8-7-14-5-3-4-6-16(14)13-17/h7-13,19H,2-6H2,1H3,(H,22,23). The fraction of sp³-hybridized carbons (Fsp3) is 0.350. The van der Waals surface area contributed by atoms with E-state index in [9.17, 15) is 4.79 Å². The molecule has 0 spiro atoms. The maximum atomic E-state index is 12.5. The van der Waals surface area contributed by atoms with Gasteiger partial charge in [-0.3, -0.25) is 4.79 Å². The Hall–Kier alpha value is -1.36. The van der Waals surface area contributed by atoms with Crippen LogP contribution < -0.4 is 5.32 Å². The van der Waals surface area contributed by atoms with Gasteiger partial charge in [0.1, 0.15) is 0 Å². The van der Waals surface area contributed by atoms with Crippen LogP contribution in [0.4, 0.5) is 0 Å². The highest BCUT2D eigenvalue weighted by Gasteiger charge is 2.16. The van der Waals surface area contributed by atoms with E-state index in [1.165, 1.54) is 42.4 Å². The number of hydrogen-bond acceptors (Lipinski definition) is 1. The zero-order valence-corrected chi connectivity index (χ0v) is 15.6. The highest BCUT2D eigenvalue weighted by atomic mass is 127. The summed E-state index contributed by atoms with van der Waals surface area (Å²) in [7, 11) is 0. The number of amides is 1. The maximum Gasteiger partial charge on any atom is 0.251 e. The van der Waals surface area contributed by atoms with Gasteiger partial charge in [-0.1, -0.05) is 25.1 Å². The molecule has 1 N–H and O–H groups in total. The third kappa shape index (κ3) is 3.94. The normalized spacial score (nSPS) is 14.9. The van der Waals surface area contributed by atoms with Crippen molar-refractivity contribution in [2.45, 2.75) is 45.1 Å². The van der Waals surface area contributed by atoms with E-state index in [-0.39, 0.29) is 11.9 Å². The molecule has 0 aliphatic heterocycles. The van der Waals surface area contributed by atoms with Crippen molar-refractivity contribution in [3.05, 3.63) is 68.3 Å². The summed E-state index contributed by atoms with van der Waals surface area (Å²) < 4.78 is 1.14. The first kappa shape index (κ1) is 16.5. The lowest BCUT2D eigenvalue weighted by molar-refractivity contribution is 0.0935. The molecule has 0 aromatic heterocycles. The van der Waals surface area contributed by atoms with Gasteiger partial charge in [0.05, 0.1) is 6.04 Å². The van der Waals surface area contributed by atoms with Crippen molar-refractivity contribution in [3.8, 4) is 0 Å². The monoisotopic (exact) mass is 419 g/mol. The van der Waals surface area contributed by atoms with Crippen LogP contribution in [-0.2, 0) is 12.8 Å². The van der Waals surface area contributed by atoms with Crippen LogP contribution >= 0.6 is 22.6 Å². The number of benzene rings is 2. The number of carbonyl (C=O) groups is 1. The summed E-state index contributed by atoms with van der Waals surface area (Å²) in [6.45, 7) is 2.12. The summed E-state index contributed by atoms with van der Waals surface area (Å²) in [5.74, 6) is 0.00553. The van der Waals surface area contributed by atoms with Crippen molar-refractivity contribution in [3.63, 3.8) is 0 Å². The third-order valence-electron chi connectivity index (χ3n) is 4.59. The average Bonchev–Trinajstić information content (AvgIpc) is 2.59. The summed E-state index contributed by atoms with van der Waals surface area (Å²) in [5.41, 5.74) is 4.91. The van der Waals surface area contributed by atoms with E-state index in [0.29, 0.717) is 0 Å². The van der Waals surface area contributed by atoms with Crippen molar-refractivity contribution in [2.75, 3.05) is 0 Å². The molecule has 2 aromatic rings. The molecule has 1 aliphatic rings. The van der Waals surface area contributed by atoms with Crippen LogP contribution in [0.2, 0.25) is 0 Å². The lowest BCUT2D eigenvalue weighted by Crippen LogP contribution is -2.28. The van der Waals surface area contributed by atoms with E-state index in [0.717, 1.165) is 15.6 Å². The van der Waals surface area contributed by atoms with Crippen LogP contribution in [0.5, 0.6) is 0 Å². The minimum atomic E-state index is 0.00553. The minimum Gasteiger partial charge on any atom is -0.345 e. The van der Waals surface area contributed by atoms with E-state index >= 15 is 0 Å². The molecule has 3 rings (SSSR count). The molecular formula is C20H22INO. The van der Waals surface area contributed by atoms with Gasteiger partial charge in [-0.15, -0.1) is 0 Å². The summed E-state index contributed by atoms with van der Waals surface area (Å²) in [6.07, 6.45) is 5.84. The molecule has 0 bridgehead atoms. The quantitative estimate of drug-likeness (QED) is 0.691. The number of rotatable bonds is 4. The summed E-state index contributed by atoms with van der Waals surface area (Å²) >= 11 is 2.25. The first-order valence-corrected chi connectivity index (χ1v) is 9.43. The number of fused-ring (bicyclic) bond motifs is 1. The first-order valence-electron chi connectivity index (χ1n) is 8.35. The molecule has 1 atom stereocenters. The molecule has 0 radical (unpaired) electrons. The van der Waals surface area contributed by atoms with Crippen LogP contribution in [0.15, 0.2) is 42.5 Å². The summed E-state index contributed by atoms with van der Waals surface area (Å²) in [4.78, 5) is 12.5. The molecule has 0 heterocycles. The fourth-order valence-corrected chi connectivity index (χ4v) is 3.59. The molecule has 2 aromatic carbocycles. The molecule has 23 heavy (non-hydrogen) atoms. The molecule has 1 amide bonds. The minimum absolute atomic E-state index is 0.00553. The van der Waals surface area contributed by atoms with Crippen molar-refractivity contribution in [1.82, 2.24) is 5.32 Å². The number of nitrogens with one attached hydrogen (secondary N) is 1. The predicted octanol–water partition coefficient (Wildman–Crippen LogP) is 5.05. The Labute approximate surface area is 151 Å². The molecule has 0 fully saturated rings. The van der Waals surface area contributed by atoms with Crippen LogP contribution in [0.1, 0.15) is 59.3 Å². The highest BCUT2D eigenvalue weighted by Crippen LogP contribution is 2.26. The lowest BCUT2D eigenvalue weighted by Gasteiger charge is -2.21.